The molecule has 0 aliphatic carbocycles. The summed E-state index contributed by atoms with van der Waals surface area (Å²) in [4.78, 5) is 22.9. The monoisotopic (exact) mass is 318 g/mol. The zero-order chi connectivity index (χ0) is 16.2. The van der Waals surface area contributed by atoms with Crippen molar-refractivity contribution in [2.45, 2.75) is 0 Å². The number of hydrogen-bond donors (Lipinski definition) is 3. The third kappa shape index (κ3) is 3.03. The highest BCUT2D eigenvalue weighted by Crippen LogP contribution is 2.14. The van der Waals surface area contributed by atoms with Crippen molar-refractivity contribution in [2.24, 2.45) is 11.6 Å². The number of hydrazine groups is 1. The Hall–Kier alpha value is -2.85. The average molecular weight is 318 g/mol. The first-order chi connectivity index (χ1) is 11.2. The molecule has 1 saturated heterocycles. The molecule has 1 fully saturated rings. The van der Waals surface area contributed by atoms with Gasteiger partial charge in [0, 0.05) is 37.8 Å². The van der Waals surface area contributed by atoms with Gasteiger partial charge in [0.2, 0.25) is 0 Å². The number of aromatic amines is 1. The molecule has 0 unspecified atom stereocenters. The van der Waals surface area contributed by atoms with Crippen molar-refractivity contribution in [1.29, 1.82) is 0 Å². The molecule has 1 aliphatic rings. The van der Waals surface area contributed by atoms with Crippen LogP contribution in [0.5, 0.6) is 0 Å². The number of rotatable bonds is 4. The summed E-state index contributed by atoms with van der Waals surface area (Å²) < 4.78 is 6.62. The van der Waals surface area contributed by atoms with E-state index in [1.54, 1.807) is 6.07 Å². The predicted octanol–water partition coefficient (Wildman–Crippen LogP) is -1.10. The molecule has 1 aliphatic heterocycles. The van der Waals surface area contributed by atoms with E-state index in [1.165, 1.54) is 29.6 Å². The molecule has 0 aromatic carbocycles. The van der Waals surface area contributed by atoms with Crippen molar-refractivity contribution in [2.75, 3.05) is 36.2 Å². The van der Waals surface area contributed by atoms with E-state index in [9.17, 15) is 4.79 Å². The SMILES string of the molecule is N/C=C\N(N)c1c[nH]n(-c2cc(N3CCOCC3)ncn2)c1=O. The number of aromatic nitrogens is 4. The summed E-state index contributed by atoms with van der Waals surface area (Å²) in [6, 6.07) is 1.74. The molecule has 10 heteroatoms. The Labute approximate surface area is 131 Å². The Morgan fingerprint density at radius 3 is 2.78 bits per heavy atom. The van der Waals surface area contributed by atoms with Gasteiger partial charge in [-0.2, -0.15) is 4.68 Å². The zero-order valence-electron chi connectivity index (χ0n) is 12.4. The highest BCUT2D eigenvalue weighted by Gasteiger charge is 2.16. The van der Waals surface area contributed by atoms with E-state index < -0.39 is 0 Å². The fourth-order valence-electron chi connectivity index (χ4n) is 2.31. The van der Waals surface area contributed by atoms with E-state index in [1.807, 2.05) is 0 Å². The van der Waals surface area contributed by atoms with Crippen molar-refractivity contribution in [1.82, 2.24) is 19.7 Å². The molecule has 5 N–H and O–H groups in total. The molecule has 3 rings (SSSR count). The van der Waals surface area contributed by atoms with Crippen molar-refractivity contribution >= 4 is 11.5 Å². The first-order valence-corrected chi connectivity index (χ1v) is 7.08. The number of nitrogens with zero attached hydrogens (tertiary/aromatic N) is 5. The van der Waals surface area contributed by atoms with Gasteiger partial charge < -0.3 is 15.4 Å². The van der Waals surface area contributed by atoms with Gasteiger partial charge in [-0.25, -0.2) is 15.8 Å². The summed E-state index contributed by atoms with van der Waals surface area (Å²) in [7, 11) is 0. The fourth-order valence-corrected chi connectivity index (χ4v) is 2.31. The smallest absolute Gasteiger partial charge is 0.297 e. The Kier molecular flexibility index (Phi) is 4.26. The van der Waals surface area contributed by atoms with Gasteiger partial charge in [-0.3, -0.25) is 14.9 Å². The summed E-state index contributed by atoms with van der Waals surface area (Å²) in [6.07, 6.45) is 5.54. The number of H-pyrrole nitrogens is 1. The average Bonchev–Trinajstić information content (AvgIpc) is 2.98. The highest BCUT2D eigenvalue weighted by atomic mass is 16.5. The molecule has 2 aromatic rings. The summed E-state index contributed by atoms with van der Waals surface area (Å²) >= 11 is 0. The molecule has 3 heterocycles. The molecular weight excluding hydrogens is 300 g/mol. The lowest BCUT2D eigenvalue weighted by molar-refractivity contribution is 0.122. The number of anilines is 2. The second-order valence-electron chi connectivity index (χ2n) is 4.88. The van der Waals surface area contributed by atoms with E-state index in [0.29, 0.717) is 19.0 Å². The van der Waals surface area contributed by atoms with Crippen LogP contribution in [0, 0.1) is 0 Å². The van der Waals surface area contributed by atoms with Gasteiger partial charge in [-0.15, -0.1) is 0 Å². The van der Waals surface area contributed by atoms with Crippen LogP contribution in [0.4, 0.5) is 11.5 Å². The Balaban J connectivity index is 1.92. The van der Waals surface area contributed by atoms with Crippen LogP contribution >= 0.6 is 0 Å². The van der Waals surface area contributed by atoms with Crippen molar-refractivity contribution in [3.63, 3.8) is 0 Å². The van der Waals surface area contributed by atoms with E-state index in [0.717, 1.165) is 23.9 Å². The van der Waals surface area contributed by atoms with Gasteiger partial charge >= 0.3 is 0 Å². The molecule has 0 atom stereocenters. The zero-order valence-corrected chi connectivity index (χ0v) is 12.4. The maximum absolute atomic E-state index is 12.4. The summed E-state index contributed by atoms with van der Waals surface area (Å²) in [6.45, 7) is 2.80. The normalized spacial score (nSPS) is 15.3. The minimum Gasteiger partial charge on any atom is -0.403 e. The minimum absolute atomic E-state index is 0.248. The Morgan fingerprint density at radius 2 is 2.04 bits per heavy atom. The standard InChI is InChI=1S/C13H18N8O2/c14-1-2-20(15)10-8-18-21(13(10)22)12-7-11(16-9-17-12)19-3-5-23-6-4-19/h1-2,7-9,18H,3-6,14-15H2/b2-1-. The highest BCUT2D eigenvalue weighted by molar-refractivity contribution is 5.47. The molecule has 122 valence electrons. The van der Waals surface area contributed by atoms with Crippen molar-refractivity contribution in [3.05, 3.63) is 41.3 Å². The lowest BCUT2D eigenvalue weighted by Gasteiger charge is -2.27. The molecule has 0 spiro atoms. The first-order valence-electron chi connectivity index (χ1n) is 7.08. The van der Waals surface area contributed by atoms with Gasteiger partial charge in [0.15, 0.2) is 5.82 Å². The Bertz CT molecular complexity index is 746. The molecular formula is C13H18N8O2. The maximum atomic E-state index is 12.4. The minimum atomic E-state index is -0.336. The molecule has 2 aromatic heterocycles. The van der Waals surface area contributed by atoms with E-state index >= 15 is 0 Å². The first kappa shape index (κ1) is 15.1. The number of nitrogens with one attached hydrogen (secondary N) is 1. The van der Waals surface area contributed by atoms with Gasteiger partial charge in [0.25, 0.3) is 5.56 Å². The number of morpholine rings is 1. The Morgan fingerprint density at radius 1 is 1.30 bits per heavy atom. The van der Waals surface area contributed by atoms with Crippen molar-refractivity contribution in [3.8, 4) is 5.82 Å². The molecule has 0 amide bonds. The molecule has 0 saturated carbocycles. The van der Waals surface area contributed by atoms with Crippen LogP contribution in [-0.4, -0.2) is 46.1 Å². The van der Waals surface area contributed by atoms with Crippen LogP contribution in [0.1, 0.15) is 0 Å². The second-order valence-corrected chi connectivity index (χ2v) is 4.88. The van der Waals surface area contributed by atoms with E-state index in [2.05, 4.69) is 20.0 Å². The quantitative estimate of drug-likeness (QED) is 0.478. The molecule has 23 heavy (non-hydrogen) atoms. The topological polar surface area (TPSA) is 131 Å². The van der Waals surface area contributed by atoms with Crippen LogP contribution in [0.3, 0.4) is 0 Å². The number of hydrogen-bond acceptors (Lipinski definition) is 8. The maximum Gasteiger partial charge on any atom is 0.297 e. The second kappa shape index (κ2) is 6.50. The fraction of sp³-hybridized carbons (Fsp3) is 0.308. The predicted molar refractivity (Wildman–Crippen MR) is 85.0 cm³/mol. The van der Waals surface area contributed by atoms with Crippen LogP contribution in [0.15, 0.2) is 35.8 Å². The lowest BCUT2D eigenvalue weighted by Crippen LogP contribution is -2.37. The van der Waals surface area contributed by atoms with Crippen LogP contribution in [0.2, 0.25) is 0 Å². The molecule has 10 nitrogen and oxygen atoms in total. The van der Waals surface area contributed by atoms with Gasteiger partial charge in [0.05, 0.1) is 13.2 Å². The number of nitrogens with two attached hydrogens (primary N) is 2. The third-order valence-electron chi connectivity index (χ3n) is 3.48. The van der Waals surface area contributed by atoms with Gasteiger partial charge in [-0.1, -0.05) is 0 Å². The third-order valence-corrected chi connectivity index (χ3v) is 3.48. The van der Waals surface area contributed by atoms with E-state index in [4.69, 9.17) is 16.3 Å². The van der Waals surface area contributed by atoms with Crippen LogP contribution in [0.25, 0.3) is 5.82 Å². The summed E-state index contributed by atoms with van der Waals surface area (Å²) in [5.41, 5.74) is 5.19. The van der Waals surface area contributed by atoms with Gasteiger partial charge in [0.1, 0.15) is 17.8 Å². The molecule has 0 radical (unpaired) electrons. The van der Waals surface area contributed by atoms with Crippen LogP contribution < -0.4 is 27.0 Å². The lowest BCUT2D eigenvalue weighted by atomic mass is 10.4. The van der Waals surface area contributed by atoms with E-state index in [-0.39, 0.29) is 11.2 Å². The van der Waals surface area contributed by atoms with Crippen LogP contribution in [-0.2, 0) is 4.74 Å². The van der Waals surface area contributed by atoms with Crippen molar-refractivity contribution < 1.29 is 4.74 Å². The summed E-state index contributed by atoms with van der Waals surface area (Å²) in [5, 5.41) is 3.97. The summed E-state index contributed by atoms with van der Waals surface area (Å²) in [5.74, 6) is 6.90. The largest absolute Gasteiger partial charge is 0.403 e. The molecule has 0 bridgehead atoms. The number of ether oxygens (including phenoxy) is 1. The van der Waals surface area contributed by atoms with Gasteiger partial charge in [-0.05, 0) is 0 Å².